The number of rotatable bonds is 6. The molecule has 0 saturated carbocycles. The fourth-order valence-electron chi connectivity index (χ4n) is 2.10. The Morgan fingerprint density at radius 1 is 1.40 bits per heavy atom. The van der Waals surface area contributed by atoms with Crippen molar-refractivity contribution in [2.75, 3.05) is 13.1 Å². The van der Waals surface area contributed by atoms with E-state index in [0.29, 0.717) is 6.42 Å². The van der Waals surface area contributed by atoms with Gasteiger partial charge in [0.25, 0.3) is 0 Å². The summed E-state index contributed by atoms with van der Waals surface area (Å²) in [5, 5.41) is 0. The lowest BCUT2D eigenvalue weighted by atomic mass is 10.1. The minimum atomic E-state index is -0.209. The average Bonchev–Trinajstić information content (AvgIpc) is 2.60. The summed E-state index contributed by atoms with van der Waals surface area (Å²) in [6.45, 7) is 3.47. The highest BCUT2D eigenvalue weighted by Gasteiger charge is 2.27. The predicted octanol–water partition coefficient (Wildman–Crippen LogP) is 0.695. The van der Waals surface area contributed by atoms with E-state index in [2.05, 4.69) is 4.90 Å². The molecule has 1 atom stereocenters. The SMILES string of the molecule is CC(=O)CCCCN1CCCC1C(N)=O. The Morgan fingerprint density at radius 2 is 2.13 bits per heavy atom. The van der Waals surface area contributed by atoms with Crippen LogP contribution in [-0.4, -0.2) is 35.7 Å². The monoisotopic (exact) mass is 212 g/mol. The van der Waals surface area contributed by atoms with Crippen molar-refractivity contribution >= 4 is 11.7 Å². The van der Waals surface area contributed by atoms with Gasteiger partial charge in [-0.15, -0.1) is 0 Å². The van der Waals surface area contributed by atoms with Crippen LogP contribution in [0.4, 0.5) is 0 Å². The normalized spacial score (nSPS) is 21.8. The molecule has 0 radical (unpaired) electrons. The van der Waals surface area contributed by atoms with Gasteiger partial charge < -0.3 is 10.5 Å². The number of unbranched alkanes of at least 4 members (excludes halogenated alkanes) is 1. The predicted molar refractivity (Wildman–Crippen MR) is 58.3 cm³/mol. The van der Waals surface area contributed by atoms with Crippen molar-refractivity contribution in [1.29, 1.82) is 0 Å². The Morgan fingerprint density at radius 3 is 2.73 bits per heavy atom. The summed E-state index contributed by atoms with van der Waals surface area (Å²) in [5.74, 6) is 0.0296. The maximum Gasteiger partial charge on any atom is 0.234 e. The summed E-state index contributed by atoms with van der Waals surface area (Å²) in [4.78, 5) is 23.9. The number of nitrogens with zero attached hydrogens (tertiary/aromatic N) is 1. The second-order valence-electron chi connectivity index (χ2n) is 4.26. The summed E-state index contributed by atoms with van der Waals surface area (Å²) in [7, 11) is 0. The third-order valence-electron chi connectivity index (χ3n) is 2.92. The van der Waals surface area contributed by atoms with Gasteiger partial charge in [0.1, 0.15) is 5.78 Å². The fourth-order valence-corrected chi connectivity index (χ4v) is 2.10. The van der Waals surface area contributed by atoms with E-state index in [4.69, 9.17) is 5.73 Å². The summed E-state index contributed by atoms with van der Waals surface area (Å²) in [6.07, 6.45) is 4.48. The van der Waals surface area contributed by atoms with Gasteiger partial charge in [0.05, 0.1) is 6.04 Å². The van der Waals surface area contributed by atoms with Gasteiger partial charge >= 0.3 is 0 Å². The molecule has 1 heterocycles. The van der Waals surface area contributed by atoms with Gasteiger partial charge in [0.15, 0.2) is 0 Å². The molecule has 1 rings (SSSR count). The van der Waals surface area contributed by atoms with E-state index in [0.717, 1.165) is 38.8 Å². The van der Waals surface area contributed by atoms with E-state index in [9.17, 15) is 9.59 Å². The van der Waals surface area contributed by atoms with E-state index in [1.807, 2.05) is 0 Å². The van der Waals surface area contributed by atoms with Crippen LogP contribution in [0.2, 0.25) is 0 Å². The van der Waals surface area contributed by atoms with Crippen molar-refractivity contribution in [2.45, 2.75) is 45.1 Å². The van der Waals surface area contributed by atoms with E-state index in [-0.39, 0.29) is 17.7 Å². The van der Waals surface area contributed by atoms with E-state index >= 15 is 0 Å². The maximum absolute atomic E-state index is 11.1. The number of carbonyl (C=O) groups excluding carboxylic acids is 2. The molecular weight excluding hydrogens is 192 g/mol. The highest BCUT2D eigenvalue weighted by Crippen LogP contribution is 2.17. The van der Waals surface area contributed by atoms with E-state index in [1.165, 1.54) is 0 Å². The minimum Gasteiger partial charge on any atom is -0.368 e. The minimum absolute atomic E-state index is 0.0673. The molecule has 4 nitrogen and oxygen atoms in total. The lowest BCUT2D eigenvalue weighted by molar-refractivity contribution is -0.122. The molecule has 1 aliphatic rings. The second-order valence-corrected chi connectivity index (χ2v) is 4.26. The van der Waals surface area contributed by atoms with Crippen LogP contribution >= 0.6 is 0 Å². The van der Waals surface area contributed by atoms with Gasteiger partial charge in [-0.1, -0.05) is 0 Å². The summed E-state index contributed by atoms with van der Waals surface area (Å²) in [6, 6.07) is -0.0673. The van der Waals surface area contributed by atoms with Gasteiger partial charge in [-0.2, -0.15) is 0 Å². The lowest BCUT2D eigenvalue weighted by Crippen LogP contribution is -2.40. The number of likely N-dealkylation sites (tertiary alicyclic amines) is 1. The van der Waals surface area contributed by atoms with Gasteiger partial charge in [0.2, 0.25) is 5.91 Å². The van der Waals surface area contributed by atoms with Gasteiger partial charge in [-0.05, 0) is 45.7 Å². The quantitative estimate of drug-likeness (QED) is 0.659. The molecule has 0 aliphatic carbocycles. The third-order valence-corrected chi connectivity index (χ3v) is 2.92. The van der Waals surface area contributed by atoms with E-state index < -0.39 is 0 Å². The van der Waals surface area contributed by atoms with Crippen LogP contribution in [0.5, 0.6) is 0 Å². The first-order chi connectivity index (χ1) is 7.11. The molecule has 2 N–H and O–H groups in total. The summed E-state index contributed by atoms with van der Waals surface area (Å²) >= 11 is 0. The number of amides is 1. The molecule has 1 unspecified atom stereocenters. The van der Waals surface area contributed by atoms with Crippen LogP contribution in [0.15, 0.2) is 0 Å². The van der Waals surface area contributed by atoms with Crippen molar-refractivity contribution in [2.24, 2.45) is 5.73 Å². The van der Waals surface area contributed by atoms with Crippen LogP contribution in [-0.2, 0) is 9.59 Å². The molecule has 86 valence electrons. The van der Waals surface area contributed by atoms with Crippen LogP contribution in [0.1, 0.15) is 39.0 Å². The molecule has 4 heteroatoms. The number of ketones is 1. The topological polar surface area (TPSA) is 63.4 Å². The first-order valence-electron chi connectivity index (χ1n) is 5.64. The van der Waals surface area contributed by atoms with Crippen molar-refractivity contribution in [1.82, 2.24) is 4.90 Å². The third kappa shape index (κ3) is 4.00. The molecule has 0 aromatic heterocycles. The van der Waals surface area contributed by atoms with Gasteiger partial charge in [-0.3, -0.25) is 9.69 Å². The zero-order chi connectivity index (χ0) is 11.3. The second kappa shape index (κ2) is 5.85. The van der Waals surface area contributed by atoms with Gasteiger partial charge in [0, 0.05) is 6.42 Å². The Bertz CT molecular complexity index is 241. The fraction of sp³-hybridized carbons (Fsp3) is 0.818. The van der Waals surface area contributed by atoms with Crippen LogP contribution < -0.4 is 5.73 Å². The number of hydrogen-bond donors (Lipinski definition) is 1. The Hall–Kier alpha value is -0.900. The van der Waals surface area contributed by atoms with E-state index in [1.54, 1.807) is 6.92 Å². The maximum atomic E-state index is 11.1. The summed E-state index contributed by atoms with van der Waals surface area (Å²) < 4.78 is 0. The molecular formula is C11H20N2O2. The molecule has 0 bridgehead atoms. The zero-order valence-electron chi connectivity index (χ0n) is 9.37. The largest absolute Gasteiger partial charge is 0.368 e. The molecule has 1 amide bonds. The van der Waals surface area contributed by atoms with Crippen LogP contribution in [0.3, 0.4) is 0 Å². The standard InChI is InChI=1S/C11H20N2O2/c1-9(14)5-2-3-7-13-8-4-6-10(13)11(12)15/h10H,2-8H2,1H3,(H2,12,15). The molecule has 0 aromatic carbocycles. The van der Waals surface area contributed by atoms with Crippen LogP contribution in [0, 0.1) is 0 Å². The molecule has 1 fully saturated rings. The van der Waals surface area contributed by atoms with Crippen molar-refractivity contribution in [3.63, 3.8) is 0 Å². The number of carbonyl (C=O) groups is 2. The van der Waals surface area contributed by atoms with Crippen molar-refractivity contribution in [3.8, 4) is 0 Å². The lowest BCUT2D eigenvalue weighted by Gasteiger charge is -2.21. The average molecular weight is 212 g/mol. The highest BCUT2D eigenvalue weighted by atomic mass is 16.1. The Labute approximate surface area is 90.8 Å². The number of hydrogen-bond acceptors (Lipinski definition) is 3. The zero-order valence-corrected chi connectivity index (χ0v) is 9.37. The highest BCUT2D eigenvalue weighted by molar-refractivity contribution is 5.80. The summed E-state index contributed by atoms with van der Waals surface area (Å²) in [5.41, 5.74) is 5.31. The smallest absolute Gasteiger partial charge is 0.234 e. The molecule has 15 heavy (non-hydrogen) atoms. The van der Waals surface area contributed by atoms with Gasteiger partial charge in [-0.25, -0.2) is 0 Å². The first-order valence-corrected chi connectivity index (χ1v) is 5.64. The molecule has 0 spiro atoms. The van der Waals surface area contributed by atoms with Crippen molar-refractivity contribution in [3.05, 3.63) is 0 Å². The van der Waals surface area contributed by atoms with Crippen LogP contribution in [0.25, 0.3) is 0 Å². The van der Waals surface area contributed by atoms with Crippen molar-refractivity contribution < 1.29 is 9.59 Å². The first kappa shape index (κ1) is 12.2. The molecule has 1 saturated heterocycles. The number of Topliss-reactive ketones (excluding diaryl/α,β-unsaturated/α-hetero) is 1. The molecule has 0 aromatic rings. The number of nitrogens with two attached hydrogens (primary N) is 1. The Kier molecular flexibility index (Phi) is 4.75. The Balaban J connectivity index is 2.20. The number of primary amides is 1. The molecule has 1 aliphatic heterocycles.